The molecule has 0 spiro atoms. The van der Waals surface area contributed by atoms with Crippen molar-refractivity contribution in [3.63, 3.8) is 0 Å². The van der Waals surface area contributed by atoms with E-state index >= 15 is 0 Å². The number of para-hydroxylation sites is 2. The van der Waals surface area contributed by atoms with E-state index in [0.717, 1.165) is 5.76 Å². The summed E-state index contributed by atoms with van der Waals surface area (Å²) in [6.45, 7) is 3.87. The molecule has 4 aromatic rings. The van der Waals surface area contributed by atoms with Gasteiger partial charge in [0.05, 0.1) is 16.4 Å². The zero-order chi connectivity index (χ0) is 22.9. The van der Waals surface area contributed by atoms with Crippen molar-refractivity contribution in [2.75, 3.05) is 31.1 Å². The number of carbonyl (C=O) groups excluding carboxylic acids is 1. The van der Waals surface area contributed by atoms with Crippen LogP contribution in [0.1, 0.15) is 16.2 Å². The van der Waals surface area contributed by atoms with Crippen LogP contribution in [0.5, 0.6) is 0 Å². The molecule has 1 amide bonds. The standard InChI is InChI=1S/C25H22ClFN4O2/c1-17-10-11-24(33-17)20-16-23(31(28-20)21-8-4-2-6-18(21)26)25(32)30-14-12-29(13-15-30)22-9-5-3-7-19(22)27/h2-11,16H,12-15H2,1H3. The normalized spacial score (nSPS) is 14.0. The van der Waals surface area contributed by atoms with Crippen LogP contribution in [0.2, 0.25) is 5.02 Å². The smallest absolute Gasteiger partial charge is 0.272 e. The second kappa shape index (κ2) is 8.75. The fraction of sp³-hybridized carbons (Fsp3) is 0.200. The first-order valence-corrected chi connectivity index (χ1v) is 11.1. The summed E-state index contributed by atoms with van der Waals surface area (Å²) >= 11 is 6.43. The maximum absolute atomic E-state index is 14.2. The van der Waals surface area contributed by atoms with Crippen molar-refractivity contribution in [1.82, 2.24) is 14.7 Å². The Morgan fingerprint density at radius 3 is 2.33 bits per heavy atom. The predicted molar refractivity (Wildman–Crippen MR) is 126 cm³/mol. The Balaban J connectivity index is 1.44. The number of furan rings is 1. The van der Waals surface area contributed by atoms with Crippen LogP contribution in [0.25, 0.3) is 17.1 Å². The molecule has 6 nitrogen and oxygen atoms in total. The van der Waals surface area contributed by atoms with Crippen molar-refractivity contribution in [2.45, 2.75) is 6.92 Å². The van der Waals surface area contributed by atoms with Gasteiger partial charge in [0.2, 0.25) is 0 Å². The van der Waals surface area contributed by atoms with Crippen molar-refractivity contribution in [1.29, 1.82) is 0 Å². The van der Waals surface area contributed by atoms with Crippen LogP contribution < -0.4 is 4.90 Å². The molecular weight excluding hydrogens is 443 g/mol. The topological polar surface area (TPSA) is 54.5 Å². The molecule has 0 N–H and O–H groups in total. The van der Waals surface area contributed by atoms with E-state index in [1.807, 2.05) is 48.2 Å². The van der Waals surface area contributed by atoms with Gasteiger partial charge in [-0.05, 0) is 43.3 Å². The van der Waals surface area contributed by atoms with Crippen LogP contribution in [0.3, 0.4) is 0 Å². The van der Waals surface area contributed by atoms with Crippen molar-refractivity contribution < 1.29 is 13.6 Å². The number of hydrogen-bond donors (Lipinski definition) is 0. The third-order valence-corrected chi connectivity index (χ3v) is 6.08. The summed E-state index contributed by atoms with van der Waals surface area (Å²) < 4.78 is 21.5. The number of nitrogens with zero attached hydrogens (tertiary/aromatic N) is 4. The fourth-order valence-electron chi connectivity index (χ4n) is 4.05. The van der Waals surface area contributed by atoms with Crippen molar-refractivity contribution in [2.24, 2.45) is 0 Å². The van der Waals surface area contributed by atoms with Crippen molar-refractivity contribution in [3.05, 3.63) is 89.0 Å². The average molecular weight is 465 g/mol. The van der Waals surface area contributed by atoms with Crippen LogP contribution >= 0.6 is 11.6 Å². The molecule has 5 rings (SSSR count). The molecule has 168 valence electrons. The van der Waals surface area contributed by atoms with E-state index in [1.54, 1.807) is 33.8 Å². The van der Waals surface area contributed by atoms with Gasteiger partial charge in [-0.3, -0.25) is 4.79 Å². The van der Waals surface area contributed by atoms with E-state index in [4.69, 9.17) is 16.0 Å². The summed E-state index contributed by atoms with van der Waals surface area (Å²) in [6.07, 6.45) is 0. The lowest BCUT2D eigenvalue weighted by Gasteiger charge is -2.36. The number of benzene rings is 2. The number of anilines is 1. The largest absolute Gasteiger partial charge is 0.460 e. The summed E-state index contributed by atoms with van der Waals surface area (Å²) in [7, 11) is 0. The van der Waals surface area contributed by atoms with Gasteiger partial charge in [-0.1, -0.05) is 35.9 Å². The Labute approximate surface area is 195 Å². The third-order valence-electron chi connectivity index (χ3n) is 5.76. The number of aromatic nitrogens is 2. The Kier molecular flexibility index (Phi) is 5.64. The summed E-state index contributed by atoms with van der Waals surface area (Å²) in [5.74, 6) is 0.920. The highest BCUT2D eigenvalue weighted by atomic mass is 35.5. The molecule has 2 aromatic carbocycles. The van der Waals surface area contributed by atoms with Crippen LogP contribution in [0.4, 0.5) is 10.1 Å². The van der Waals surface area contributed by atoms with Crippen LogP contribution in [-0.4, -0.2) is 46.8 Å². The van der Waals surface area contributed by atoms with Crippen LogP contribution in [0.15, 0.2) is 71.1 Å². The first-order valence-electron chi connectivity index (χ1n) is 10.7. The van der Waals surface area contributed by atoms with E-state index in [9.17, 15) is 9.18 Å². The minimum Gasteiger partial charge on any atom is -0.460 e. The van der Waals surface area contributed by atoms with E-state index in [0.29, 0.717) is 59.7 Å². The molecule has 1 saturated heterocycles. The molecule has 2 aromatic heterocycles. The SMILES string of the molecule is Cc1ccc(-c2cc(C(=O)N3CCN(c4ccccc4F)CC3)n(-c3ccccc3Cl)n2)o1. The molecule has 0 atom stereocenters. The highest BCUT2D eigenvalue weighted by Crippen LogP contribution is 2.28. The Hall–Kier alpha value is -3.58. The van der Waals surface area contributed by atoms with Gasteiger partial charge >= 0.3 is 0 Å². The third kappa shape index (κ3) is 4.12. The molecule has 1 aliphatic rings. The molecule has 33 heavy (non-hydrogen) atoms. The fourth-order valence-corrected chi connectivity index (χ4v) is 4.27. The molecule has 1 fully saturated rings. The van der Waals surface area contributed by atoms with Crippen LogP contribution in [0, 0.1) is 12.7 Å². The number of rotatable bonds is 4. The Bertz CT molecular complexity index is 1310. The maximum Gasteiger partial charge on any atom is 0.272 e. The van der Waals surface area contributed by atoms with Crippen molar-refractivity contribution >= 4 is 23.2 Å². The molecule has 0 unspecified atom stereocenters. The lowest BCUT2D eigenvalue weighted by molar-refractivity contribution is 0.0737. The number of piperazine rings is 1. The lowest BCUT2D eigenvalue weighted by atomic mass is 10.2. The zero-order valence-corrected chi connectivity index (χ0v) is 18.8. The summed E-state index contributed by atoms with van der Waals surface area (Å²) in [5, 5.41) is 5.13. The van der Waals surface area contributed by atoms with Gasteiger partial charge in [-0.2, -0.15) is 5.10 Å². The van der Waals surface area contributed by atoms with Gasteiger partial charge in [-0.15, -0.1) is 0 Å². The van der Waals surface area contributed by atoms with Crippen LogP contribution in [-0.2, 0) is 0 Å². The van der Waals surface area contributed by atoms with Gasteiger partial charge in [0.15, 0.2) is 5.76 Å². The minimum atomic E-state index is -0.257. The van der Waals surface area contributed by atoms with Gasteiger partial charge in [0.1, 0.15) is 23.0 Å². The quantitative estimate of drug-likeness (QED) is 0.417. The van der Waals surface area contributed by atoms with E-state index < -0.39 is 0 Å². The zero-order valence-electron chi connectivity index (χ0n) is 18.0. The monoisotopic (exact) mass is 464 g/mol. The second-order valence-corrected chi connectivity index (χ2v) is 8.33. The molecule has 0 saturated carbocycles. The molecule has 3 heterocycles. The number of amides is 1. The molecule has 8 heteroatoms. The highest BCUT2D eigenvalue weighted by molar-refractivity contribution is 6.32. The van der Waals surface area contributed by atoms with Gasteiger partial charge in [-0.25, -0.2) is 9.07 Å². The number of aryl methyl sites for hydroxylation is 1. The van der Waals surface area contributed by atoms with Gasteiger partial charge in [0.25, 0.3) is 5.91 Å². The average Bonchev–Trinajstić information content (AvgIpc) is 3.46. The first kappa shape index (κ1) is 21.3. The van der Waals surface area contributed by atoms with Crippen molar-refractivity contribution in [3.8, 4) is 17.1 Å². The summed E-state index contributed by atoms with van der Waals surface area (Å²) in [6, 6.07) is 19.4. The highest BCUT2D eigenvalue weighted by Gasteiger charge is 2.28. The molecule has 1 aliphatic heterocycles. The van der Waals surface area contributed by atoms with E-state index in [-0.39, 0.29) is 11.7 Å². The predicted octanol–water partition coefficient (Wildman–Crippen LogP) is 5.20. The first-order chi connectivity index (χ1) is 16.0. The van der Waals surface area contributed by atoms with E-state index in [1.165, 1.54) is 6.07 Å². The molecule has 0 bridgehead atoms. The minimum absolute atomic E-state index is 0.162. The molecule has 0 aliphatic carbocycles. The Morgan fingerprint density at radius 1 is 0.970 bits per heavy atom. The lowest BCUT2D eigenvalue weighted by Crippen LogP contribution is -2.49. The number of hydrogen-bond acceptors (Lipinski definition) is 4. The molecule has 0 radical (unpaired) electrons. The van der Waals surface area contributed by atoms with Gasteiger partial charge < -0.3 is 14.2 Å². The number of carbonyl (C=O) groups is 1. The molecular formula is C25H22ClFN4O2. The summed E-state index contributed by atoms with van der Waals surface area (Å²) in [5.41, 5.74) is 2.12. The van der Waals surface area contributed by atoms with E-state index in [2.05, 4.69) is 5.10 Å². The van der Waals surface area contributed by atoms with Gasteiger partial charge in [0, 0.05) is 32.2 Å². The maximum atomic E-state index is 14.2. The Morgan fingerprint density at radius 2 is 1.67 bits per heavy atom. The summed E-state index contributed by atoms with van der Waals surface area (Å²) in [4.78, 5) is 17.3. The second-order valence-electron chi connectivity index (χ2n) is 7.92. The number of halogens is 2.